The zero-order valence-corrected chi connectivity index (χ0v) is 13.1. The largest absolute Gasteiger partial charge is 0.396 e. The molecule has 122 valence electrons. The summed E-state index contributed by atoms with van der Waals surface area (Å²) >= 11 is 0. The van der Waals surface area contributed by atoms with Crippen LogP contribution in [0.1, 0.15) is 12.0 Å². The van der Waals surface area contributed by atoms with Gasteiger partial charge in [-0.3, -0.25) is 4.57 Å². The van der Waals surface area contributed by atoms with Crippen LogP contribution < -0.4 is 11.1 Å². The van der Waals surface area contributed by atoms with Gasteiger partial charge in [0, 0.05) is 25.3 Å². The van der Waals surface area contributed by atoms with Crippen LogP contribution in [0.2, 0.25) is 0 Å². The Morgan fingerprint density at radius 3 is 2.88 bits per heavy atom. The minimum absolute atomic E-state index is 0.180. The molecule has 1 aromatic carbocycles. The van der Waals surface area contributed by atoms with Crippen molar-refractivity contribution in [2.45, 2.75) is 13.0 Å². The van der Waals surface area contributed by atoms with Gasteiger partial charge < -0.3 is 16.2 Å². The van der Waals surface area contributed by atoms with Gasteiger partial charge in [0.2, 0.25) is 5.95 Å². The third kappa shape index (κ3) is 2.81. The Morgan fingerprint density at radius 1 is 1.29 bits per heavy atom. The number of hydrogen-bond acceptors (Lipinski definition) is 6. The zero-order chi connectivity index (χ0) is 16.5. The molecule has 1 aliphatic rings. The summed E-state index contributed by atoms with van der Waals surface area (Å²) in [6, 6.07) is 10.1. The lowest BCUT2D eigenvalue weighted by Gasteiger charge is -2.07. The summed E-state index contributed by atoms with van der Waals surface area (Å²) in [5, 5.41) is 12.4. The van der Waals surface area contributed by atoms with Crippen LogP contribution in [0.4, 0.5) is 11.8 Å². The molecule has 0 aliphatic heterocycles. The van der Waals surface area contributed by atoms with Crippen molar-refractivity contribution in [1.29, 1.82) is 0 Å². The van der Waals surface area contributed by atoms with Gasteiger partial charge in [-0.1, -0.05) is 30.3 Å². The van der Waals surface area contributed by atoms with Crippen LogP contribution in [0, 0.1) is 5.92 Å². The lowest BCUT2D eigenvalue weighted by Crippen LogP contribution is -2.06. The predicted octanol–water partition coefficient (Wildman–Crippen LogP) is 1.87. The number of nitrogens with two attached hydrogens (primary N) is 1. The average molecular weight is 322 g/mol. The van der Waals surface area contributed by atoms with Gasteiger partial charge in [0.1, 0.15) is 6.33 Å². The molecule has 7 nitrogen and oxygen atoms in total. The fraction of sp³-hybridized carbons (Fsp3) is 0.235. The summed E-state index contributed by atoms with van der Waals surface area (Å²) in [4.78, 5) is 13.0. The molecule has 4 N–H and O–H groups in total. The number of aliphatic hydroxyl groups excluding tert-OH is 1. The minimum Gasteiger partial charge on any atom is -0.396 e. The molecule has 3 aromatic rings. The maximum atomic E-state index is 9.16. The summed E-state index contributed by atoms with van der Waals surface area (Å²) in [7, 11) is 0. The molecule has 0 radical (unpaired) electrons. The van der Waals surface area contributed by atoms with Gasteiger partial charge in [0.05, 0.1) is 0 Å². The van der Waals surface area contributed by atoms with E-state index in [2.05, 4.69) is 20.3 Å². The quantitative estimate of drug-likeness (QED) is 0.663. The summed E-state index contributed by atoms with van der Waals surface area (Å²) in [6.45, 7) is 0.812. The van der Waals surface area contributed by atoms with Crippen molar-refractivity contribution in [1.82, 2.24) is 19.5 Å². The van der Waals surface area contributed by atoms with Gasteiger partial charge in [-0.15, -0.1) is 0 Å². The Labute approximate surface area is 138 Å². The van der Waals surface area contributed by atoms with Crippen LogP contribution in [-0.4, -0.2) is 31.2 Å². The van der Waals surface area contributed by atoms with Crippen molar-refractivity contribution in [2.75, 3.05) is 17.7 Å². The molecule has 0 amide bonds. The van der Waals surface area contributed by atoms with Gasteiger partial charge in [-0.2, -0.15) is 9.97 Å². The highest BCUT2D eigenvalue weighted by molar-refractivity contribution is 5.85. The van der Waals surface area contributed by atoms with E-state index in [-0.39, 0.29) is 18.5 Å². The first-order valence-electron chi connectivity index (χ1n) is 7.84. The van der Waals surface area contributed by atoms with E-state index in [0.717, 1.165) is 12.0 Å². The summed E-state index contributed by atoms with van der Waals surface area (Å²) in [6.07, 6.45) is 4.58. The number of nitrogen functional groups attached to an aromatic ring is 1. The third-order valence-corrected chi connectivity index (χ3v) is 4.11. The third-order valence-electron chi connectivity index (χ3n) is 4.11. The molecule has 1 atom stereocenters. The molecular formula is C17H18N6O. The van der Waals surface area contributed by atoms with Gasteiger partial charge in [-0.05, 0) is 17.6 Å². The van der Waals surface area contributed by atoms with Crippen LogP contribution >= 0.6 is 0 Å². The van der Waals surface area contributed by atoms with Crippen molar-refractivity contribution in [2.24, 2.45) is 5.92 Å². The second kappa shape index (κ2) is 5.93. The van der Waals surface area contributed by atoms with Crippen molar-refractivity contribution in [3.8, 4) is 0 Å². The van der Waals surface area contributed by atoms with Crippen molar-refractivity contribution in [3.05, 3.63) is 47.8 Å². The van der Waals surface area contributed by atoms with Crippen LogP contribution in [0.25, 0.3) is 17.4 Å². The molecule has 2 heterocycles. The highest BCUT2D eigenvalue weighted by atomic mass is 16.3. The van der Waals surface area contributed by atoms with E-state index in [1.54, 1.807) is 6.33 Å². The van der Waals surface area contributed by atoms with E-state index < -0.39 is 0 Å². The molecular weight excluding hydrogens is 304 g/mol. The molecule has 0 spiro atoms. The number of nitrogens with zero attached hydrogens (tertiary/aromatic N) is 4. The second-order valence-electron chi connectivity index (χ2n) is 5.88. The lowest BCUT2D eigenvalue weighted by molar-refractivity contribution is 0.281. The molecule has 0 bridgehead atoms. The van der Waals surface area contributed by atoms with E-state index >= 15 is 0 Å². The van der Waals surface area contributed by atoms with E-state index in [4.69, 9.17) is 10.8 Å². The molecule has 1 saturated carbocycles. The summed E-state index contributed by atoms with van der Waals surface area (Å²) in [5.41, 5.74) is 9.53. The molecule has 1 fully saturated rings. The molecule has 2 aromatic heterocycles. The van der Waals surface area contributed by atoms with E-state index in [1.165, 1.54) is 5.57 Å². The molecule has 0 saturated heterocycles. The van der Waals surface area contributed by atoms with Gasteiger partial charge in [0.25, 0.3) is 0 Å². The molecule has 7 heteroatoms. The smallest absolute Gasteiger partial charge is 0.224 e. The number of aromatic nitrogens is 4. The van der Waals surface area contributed by atoms with Crippen molar-refractivity contribution in [3.63, 3.8) is 0 Å². The Morgan fingerprint density at radius 2 is 2.12 bits per heavy atom. The second-order valence-corrected chi connectivity index (χ2v) is 5.88. The van der Waals surface area contributed by atoms with Crippen LogP contribution in [0.15, 0.2) is 42.2 Å². The first-order valence-corrected chi connectivity index (χ1v) is 7.84. The van der Waals surface area contributed by atoms with Gasteiger partial charge >= 0.3 is 0 Å². The highest BCUT2D eigenvalue weighted by Gasteiger charge is 2.29. The predicted molar refractivity (Wildman–Crippen MR) is 93.0 cm³/mol. The highest BCUT2D eigenvalue weighted by Crippen LogP contribution is 2.38. The maximum absolute atomic E-state index is 9.16. The fourth-order valence-corrected chi connectivity index (χ4v) is 2.68. The zero-order valence-electron chi connectivity index (χ0n) is 13.1. The van der Waals surface area contributed by atoms with Gasteiger partial charge in [0.15, 0.2) is 17.0 Å². The molecule has 1 unspecified atom stereocenters. The normalized spacial score (nSPS) is 18.2. The molecule has 24 heavy (non-hydrogen) atoms. The lowest BCUT2D eigenvalue weighted by atomic mass is 10.2. The number of benzene rings is 1. The number of fused-ring (bicyclic) bond motifs is 1. The topological polar surface area (TPSA) is 102 Å². The standard InChI is InChI=1S/C17H18N6O/c18-17-21-15(19-7-11-4-2-1-3-5-11)14-16(22-17)23(10-20-14)8-12-6-13(12)9-24/h1-5,8,10,13,24H,6-7,9H2,(H3,18,19,21,22). The number of imidazole rings is 1. The first kappa shape index (κ1) is 14.6. The van der Waals surface area contributed by atoms with Crippen LogP contribution in [-0.2, 0) is 6.54 Å². The molecule has 1 aliphatic carbocycles. The average Bonchev–Trinajstić information content (AvgIpc) is 3.25. The van der Waals surface area contributed by atoms with Crippen molar-refractivity contribution < 1.29 is 5.11 Å². The monoisotopic (exact) mass is 322 g/mol. The number of aliphatic hydroxyl groups is 1. The minimum atomic E-state index is 0.180. The number of nitrogens with one attached hydrogen (secondary N) is 1. The molecule has 4 rings (SSSR count). The van der Waals surface area contributed by atoms with Crippen LogP contribution in [0.3, 0.4) is 0 Å². The Kier molecular flexibility index (Phi) is 3.62. The number of hydrogen-bond donors (Lipinski definition) is 3. The maximum Gasteiger partial charge on any atom is 0.224 e. The Bertz CT molecular complexity index is 902. The van der Waals surface area contributed by atoms with Gasteiger partial charge in [-0.25, -0.2) is 4.98 Å². The number of rotatable bonds is 5. The Balaban J connectivity index is 1.64. The number of anilines is 2. The van der Waals surface area contributed by atoms with E-state index in [0.29, 0.717) is 23.5 Å². The van der Waals surface area contributed by atoms with Crippen LogP contribution in [0.5, 0.6) is 0 Å². The Hall–Kier alpha value is -2.93. The fourth-order valence-electron chi connectivity index (χ4n) is 2.68. The SMILES string of the molecule is Nc1nc(NCc2ccccc2)c2ncn(C=C3CC3CO)c2n1. The summed E-state index contributed by atoms with van der Waals surface area (Å²) in [5.74, 6) is 1.08. The first-order chi connectivity index (χ1) is 11.7. The summed E-state index contributed by atoms with van der Waals surface area (Å²) < 4.78 is 1.84. The van der Waals surface area contributed by atoms with Crippen molar-refractivity contribution >= 4 is 29.1 Å². The van der Waals surface area contributed by atoms with E-state index in [9.17, 15) is 0 Å². The van der Waals surface area contributed by atoms with E-state index in [1.807, 2.05) is 41.1 Å².